The van der Waals surface area contributed by atoms with Crippen molar-refractivity contribution in [3.05, 3.63) is 48.0 Å². The number of aliphatic imine (C=N–C) groups is 1. The number of ether oxygens (including phenoxy) is 2. The Morgan fingerprint density at radius 2 is 1.92 bits per heavy atom. The topological polar surface area (TPSA) is 54.3 Å². The van der Waals surface area contributed by atoms with Crippen molar-refractivity contribution in [3.8, 4) is 17.2 Å². The van der Waals surface area contributed by atoms with Crippen molar-refractivity contribution in [3.63, 3.8) is 0 Å². The lowest BCUT2D eigenvalue weighted by atomic mass is 10.2. The highest BCUT2D eigenvalue weighted by Gasteiger charge is 2.19. The molecule has 1 heterocycles. The lowest BCUT2D eigenvalue weighted by molar-refractivity contribution is 0.0973. The van der Waals surface area contributed by atoms with Crippen LogP contribution in [0.3, 0.4) is 0 Å². The van der Waals surface area contributed by atoms with E-state index < -0.39 is 0 Å². The first-order valence-electron chi connectivity index (χ1n) is 8.67. The van der Waals surface area contributed by atoms with Crippen LogP contribution in [0, 0.1) is 0 Å². The first-order valence-corrected chi connectivity index (χ1v) is 8.67. The number of phenols is 1. The van der Waals surface area contributed by atoms with Gasteiger partial charge in [-0.2, -0.15) is 0 Å². The lowest BCUT2D eigenvalue weighted by Crippen LogP contribution is -2.31. The summed E-state index contributed by atoms with van der Waals surface area (Å²) in [4.78, 5) is 6.60. The Hall–Kier alpha value is -2.69. The molecule has 1 aliphatic heterocycles. The van der Waals surface area contributed by atoms with Gasteiger partial charge < -0.3 is 19.5 Å². The van der Waals surface area contributed by atoms with Crippen molar-refractivity contribution in [1.82, 2.24) is 0 Å². The minimum Gasteiger partial charge on any atom is -0.507 e. The molecule has 2 aromatic carbocycles. The second-order valence-electron chi connectivity index (χ2n) is 5.91. The number of aromatic hydroxyl groups is 1. The van der Waals surface area contributed by atoms with Gasteiger partial charge in [0, 0.05) is 36.6 Å². The van der Waals surface area contributed by atoms with Gasteiger partial charge in [-0.05, 0) is 38.1 Å². The molecular formula is C20H24N2O3. The molecule has 0 saturated carbocycles. The summed E-state index contributed by atoms with van der Waals surface area (Å²) < 4.78 is 11.5. The van der Waals surface area contributed by atoms with E-state index in [1.807, 2.05) is 36.4 Å². The SMILES string of the molecule is CCN(CC)c1ccc(C=NC[C@H]2COc3ccccc3O2)c(O)c1. The molecule has 5 heteroatoms. The summed E-state index contributed by atoms with van der Waals surface area (Å²) in [7, 11) is 0. The summed E-state index contributed by atoms with van der Waals surface area (Å²) in [6.45, 7) is 6.96. The van der Waals surface area contributed by atoms with Crippen LogP contribution in [0.4, 0.5) is 5.69 Å². The van der Waals surface area contributed by atoms with Crippen molar-refractivity contribution < 1.29 is 14.6 Å². The van der Waals surface area contributed by atoms with Crippen LogP contribution in [0.1, 0.15) is 19.4 Å². The standard InChI is InChI=1S/C20H24N2O3/c1-3-22(4-2)16-10-9-15(18(23)11-16)12-21-13-17-14-24-19-7-5-6-8-20(19)25-17/h5-12,17,23H,3-4,13-14H2,1-2H3/t17-/m0/s1. The maximum Gasteiger partial charge on any atom is 0.161 e. The number of rotatable bonds is 6. The zero-order valence-corrected chi connectivity index (χ0v) is 14.7. The number of nitrogens with zero attached hydrogens (tertiary/aromatic N) is 2. The number of fused-ring (bicyclic) bond motifs is 1. The number of hydrogen-bond donors (Lipinski definition) is 1. The molecule has 0 aliphatic carbocycles. The summed E-state index contributed by atoms with van der Waals surface area (Å²) in [5, 5.41) is 10.2. The maximum absolute atomic E-state index is 10.2. The van der Waals surface area contributed by atoms with Crippen molar-refractivity contribution in [2.24, 2.45) is 4.99 Å². The van der Waals surface area contributed by atoms with Crippen LogP contribution in [-0.2, 0) is 0 Å². The van der Waals surface area contributed by atoms with Gasteiger partial charge in [-0.25, -0.2) is 0 Å². The van der Waals surface area contributed by atoms with Crippen LogP contribution in [0.15, 0.2) is 47.5 Å². The highest BCUT2D eigenvalue weighted by Crippen LogP contribution is 2.31. The minimum atomic E-state index is -0.122. The number of benzene rings is 2. The molecule has 5 nitrogen and oxygen atoms in total. The molecule has 3 rings (SSSR count). The molecule has 0 unspecified atom stereocenters. The van der Waals surface area contributed by atoms with Gasteiger partial charge in [0.25, 0.3) is 0 Å². The zero-order valence-electron chi connectivity index (χ0n) is 14.7. The molecule has 0 bridgehead atoms. The Labute approximate surface area is 148 Å². The quantitative estimate of drug-likeness (QED) is 0.818. The van der Waals surface area contributed by atoms with Gasteiger partial charge in [0.15, 0.2) is 17.6 Å². The first kappa shape index (κ1) is 17.1. The largest absolute Gasteiger partial charge is 0.507 e. The Balaban J connectivity index is 1.61. The monoisotopic (exact) mass is 340 g/mol. The summed E-state index contributed by atoms with van der Waals surface area (Å²) in [5.74, 6) is 1.76. The molecular weight excluding hydrogens is 316 g/mol. The molecule has 0 aromatic heterocycles. The Morgan fingerprint density at radius 3 is 2.64 bits per heavy atom. The fourth-order valence-corrected chi connectivity index (χ4v) is 2.85. The fraction of sp³-hybridized carbons (Fsp3) is 0.350. The van der Waals surface area contributed by atoms with Crippen LogP contribution >= 0.6 is 0 Å². The van der Waals surface area contributed by atoms with Crippen molar-refractivity contribution in [2.45, 2.75) is 20.0 Å². The first-order chi connectivity index (χ1) is 12.2. The number of para-hydroxylation sites is 2. The van der Waals surface area contributed by atoms with Gasteiger partial charge in [0.1, 0.15) is 12.4 Å². The van der Waals surface area contributed by atoms with Gasteiger partial charge in [0.05, 0.1) is 6.54 Å². The number of hydrogen-bond acceptors (Lipinski definition) is 5. The van der Waals surface area contributed by atoms with Crippen LogP contribution in [-0.4, -0.2) is 43.7 Å². The molecule has 0 spiro atoms. The molecule has 132 valence electrons. The van der Waals surface area contributed by atoms with E-state index >= 15 is 0 Å². The van der Waals surface area contributed by atoms with E-state index in [1.165, 1.54) is 0 Å². The highest BCUT2D eigenvalue weighted by atomic mass is 16.6. The van der Waals surface area contributed by atoms with Gasteiger partial charge in [0.2, 0.25) is 0 Å². The average Bonchev–Trinajstić information content (AvgIpc) is 2.64. The molecule has 0 saturated heterocycles. The molecule has 0 radical (unpaired) electrons. The molecule has 0 fully saturated rings. The van der Waals surface area contributed by atoms with Crippen LogP contribution in [0.5, 0.6) is 17.2 Å². The normalized spacial score (nSPS) is 16.2. The van der Waals surface area contributed by atoms with Gasteiger partial charge >= 0.3 is 0 Å². The van der Waals surface area contributed by atoms with E-state index in [-0.39, 0.29) is 11.9 Å². The van der Waals surface area contributed by atoms with Crippen molar-refractivity contribution in [1.29, 1.82) is 0 Å². The highest BCUT2D eigenvalue weighted by molar-refractivity contribution is 5.84. The summed E-state index contributed by atoms with van der Waals surface area (Å²) >= 11 is 0. The predicted octanol–water partition coefficient (Wildman–Crippen LogP) is 3.50. The van der Waals surface area contributed by atoms with E-state index in [4.69, 9.17) is 9.47 Å². The fourth-order valence-electron chi connectivity index (χ4n) is 2.85. The van der Waals surface area contributed by atoms with E-state index in [0.29, 0.717) is 18.7 Å². The van der Waals surface area contributed by atoms with Gasteiger partial charge in [-0.3, -0.25) is 4.99 Å². The average molecular weight is 340 g/mol. The molecule has 0 amide bonds. The lowest BCUT2D eigenvalue weighted by Gasteiger charge is -2.25. The smallest absolute Gasteiger partial charge is 0.161 e. The summed E-state index contributed by atoms with van der Waals surface area (Å²) in [6.07, 6.45) is 1.56. The van der Waals surface area contributed by atoms with E-state index in [2.05, 4.69) is 23.7 Å². The van der Waals surface area contributed by atoms with Crippen molar-refractivity contribution in [2.75, 3.05) is 31.1 Å². The van der Waals surface area contributed by atoms with Crippen LogP contribution < -0.4 is 14.4 Å². The van der Waals surface area contributed by atoms with Crippen LogP contribution in [0.2, 0.25) is 0 Å². The summed E-state index contributed by atoms with van der Waals surface area (Å²) in [6, 6.07) is 13.3. The van der Waals surface area contributed by atoms with Gasteiger partial charge in [-0.1, -0.05) is 12.1 Å². The number of phenolic OH excluding ortho intramolecular Hbond substituents is 1. The third-order valence-corrected chi connectivity index (χ3v) is 4.25. The second kappa shape index (κ2) is 7.92. The molecule has 25 heavy (non-hydrogen) atoms. The van der Waals surface area contributed by atoms with Crippen molar-refractivity contribution >= 4 is 11.9 Å². The molecule has 1 N–H and O–H groups in total. The third kappa shape index (κ3) is 4.05. The van der Waals surface area contributed by atoms with Gasteiger partial charge in [-0.15, -0.1) is 0 Å². The Morgan fingerprint density at radius 1 is 1.16 bits per heavy atom. The molecule has 1 atom stereocenters. The Bertz CT molecular complexity index is 741. The second-order valence-corrected chi connectivity index (χ2v) is 5.91. The molecule has 2 aromatic rings. The Kier molecular flexibility index (Phi) is 5.43. The van der Waals surface area contributed by atoms with E-state index in [1.54, 1.807) is 12.3 Å². The summed E-state index contributed by atoms with van der Waals surface area (Å²) in [5.41, 5.74) is 1.72. The predicted molar refractivity (Wildman–Crippen MR) is 100 cm³/mol. The minimum absolute atomic E-state index is 0.122. The molecule has 1 aliphatic rings. The van der Waals surface area contributed by atoms with Crippen LogP contribution in [0.25, 0.3) is 0 Å². The third-order valence-electron chi connectivity index (χ3n) is 4.25. The maximum atomic E-state index is 10.2. The zero-order chi connectivity index (χ0) is 17.6. The number of anilines is 1. The van der Waals surface area contributed by atoms with E-state index in [0.717, 1.165) is 30.3 Å². The van der Waals surface area contributed by atoms with E-state index in [9.17, 15) is 5.11 Å².